The van der Waals surface area contributed by atoms with E-state index in [0.29, 0.717) is 0 Å². The van der Waals surface area contributed by atoms with Crippen LogP contribution in [0.1, 0.15) is 20.3 Å². The predicted molar refractivity (Wildman–Crippen MR) is 38.8 cm³/mol. The van der Waals surface area contributed by atoms with Crippen molar-refractivity contribution in [3.63, 3.8) is 0 Å². The van der Waals surface area contributed by atoms with E-state index in [2.05, 4.69) is 13.8 Å². The van der Waals surface area contributed by atoms with E-state index in [9.17, 15) is 0 Å². The molecular formula is C5H14BrN. The van der Waals surface area contributed by atoms with Gasteiger partial charge in [0.15, 0.2) is 0 Å². The highest BCUT2D eigenvalue weighted by Gasteiger charge is 1.85. The fourth-order valence-electron chi connectivity index (χ4n) is 0.333. The molecule has 0 aliphatic heterocycles. The molecule has 0 atom stereocenters. The summed E-state index contributed by atoms with van der Waals surface area (Å²) in [6, 6.07) is 0. The molecule has 0 aromatic carbocycles. The van der Waals surface area contributed by atoms with Gasteiger partial charge in [-0.15, -0.1) is 17.0 Å². The monoisotopic (exact) mass is 167 g/mol. The first-order valence-electron chi connectivity index (χ1n) is 2.47. The van der Waals surface area contributed by atoms with Crippen LogP contribution in [0.3, 0.4) is 0 Å². The largest absolute Gasteiger partial charge is 0.330 e. The lowest BCUT2D eigenvalue weighted by Gasteiger charge is -1.96. The highest BCUT2D eigenvalue weighted by atomic mass is 79.9. The molecule has 46 valence electrons. The average Bonchev–Trinajstić information content (AvgIpc) is 1.35. The van der Waals surface area contributed by atoms with Crippen molar-refractivity contribution in [2.24, 2.45) is 11.7 Å². The Labute approximate surface area is 56.1 Å². The molecule has 0 radical (unpaired) electrons. The van der Waals surface area contributed by atoms with Crippen LogP contribution < -0.4 is 5.73 Å². The predicted octanol–water partition coefficient (Wildman–Crippen LogP) is 1.57. The molecule has 2 heteroatoms. The Kier molecular flexibility index (Phi) is 9.59. The minimum absolute atomic E-state index is 0. The summed E-state index contributed by atoms with van der Waals surface area (Å²) in [5.41, 5.74) is 5.23. The smallest absolute Gasteiger partial charge is 0.00748 e. The van der Waals surface area contributed by atoms with Crippen LogP contribution in [0.25, 0.3) is 0 Å². The second-order valence-electron chi connectivity index (χ2n) is 1.97. The summed E-state index contributed by atoms with van der Waals surface area (Å²) >= 11 is 0. The fourth-order valence-corrected chi connectivity index (χ4v) is 0.333. The van der Waals surface area contributed by atoms with Crippen LogP contribution in [0.4, 0.5) is 0 Å². The number of hydrogen-bond acceptors (Lipinski definition) is 1. The molecule has 0 aromatic heterocycles. The van der Waals surface area contributed by atoms with Gasteiger partial charge in [-0.1, -0.05) is 13.8 Å². The van der Waals surface area contributed by atoms with Gasteiger partial charge in [-0.3, -0.25) is 0 Å². The van der Waals surface area contributed by atoms with E-state index in [1.165, 1.54) is 0 Å². The number of hydrogen-bond donors (Lipinski definition) is 1. The Balaban J connectivity index is 0. The summed E-state index contributed by atoms with van der Waals surface area (Å²) in [6.07, 6.45) is 1.15. The zero-order chi connectivity index (χ0) is 4.99. The molecule has 7 heavy (non-hydrogen) atoms. The van der Waals surface area contributed by atoms with Crippen LogP contribution in [-0.4, -0.2) is 6.54 Å². The van der Waals surface area contributed by atoms with E-state index in [4.69, 9.17) is 5.73 Å². The molecule has 2 N–H and O–H groups in total. The molecule has 0 aliphatic carbocycles. The van der Waals surface area contributed by atoms with Gasteiger partial charge in [0.1, 0.15) is 0 Å². The van der Waals surface area contributed by atoms with Crippen LogP contribution in [0.15, 0.2) is 0 Å². The molecule has 0 spiro atoms. The molecule has 0 heterocycles. The van der Waals surface area contributed by atoms with E-state index in [1.807, 2.05) is 0 Å². The van der Waals surface area contributed by atoms with Crippen LogP contribution in [0.5, 0.6) is 0 Å². The highest BCUT2D eigenvalue weighted by molar-refractivity contribution is 8.93. The molecule has 0 unspecified atom stereocenters. The Morgan fingerprint density at radius 3 is 1.86 bits per heavy atom. The summed E-state index contributed by atoms with van der Waals surface area (Å²) in [4.78, 5) is 0. The summed E-state index contributed by atoms with van der Waals surface area (Å²) in [5, 5.41) is 0. The van der Waals surface area contributed by atoms with Crippen LogP contribution in [0, 0.1) is 5.92 Å². The van der Waals surface area contributed by atoms with Crippen molar-refractivity contribution >= 4 is 17.0 Å². The molecule has 0 bridgehead atoms. The molecule has 0 rings (SSSR count). The summed E-state index contributed by atoms with van der Waals surface area (Å²) in [5.74, 6) is 0.773. The average molecular weight is 168 g/mol. The van der Waals surface area contributed by atoms with Gasteiger partial charge in [0, 0.05) is 0 Å². The molecule has 0 amide bonds. The van der Waals surface area contributed by atoms with Crippen LogP contribution in [-0.2, 0) is 0 Å². The van der Waals surface area contributed by atoms with Crippen molar-refractivity contribution in [1.82, 2.24) is 0 Å². The molecule has 0 aliphatic rings. The molecule has 0 saturated heterocycles. The second kappa shape index (κ2) is 6.44. The summed E-state index contributed by atoms with van der Waals surface area (Å²) in [6.45, 7) is 5.18. The van der Waals surface area contributed by atoms with E-state index in [-0.39, 0.29) is 17.0 Å². The first kappa shape index (κ1) is 10.4. The lowest BCUT2D eigenvalue weighted by atomic mass is 10.1. The number of nitrogens with two attached hydrogens (primary N) is 1. The van der Waals surface area contributed by atoms with Gasteiger partial charge in [0.25, 0.3) is 0 Å². The van der Waals surface area contributed by atoms with Crippen molar-refractivity contribution < 1.29 is 0 Å². The lowest BCUT2D eigenvalue weighted by molar-refractivity contribution is 0.596. The highest BCUT2D eigenvalue weighted by Crippen LogP contribution is 1.93. The van der Waals surface area contributed by atoms with Gasteiger partial charge in [-0.25, -0.2) is 0 Å². The third-order valence-corrected chi connectivity index (χ3v) is 0.744. The number of halogens is 1. The second-order valence-corrected chi connectivity index (χ2v) is 1.97. The fraction of sp³-hybridized carbons (Fsp3) is 1.00. The molecule has 1 nitrogen and oxygen atoms in total. The zero-order valence-electron chi connectivity index (χ0n) is 4.98. The first-order valence-corrected chi connectivity index (χ1v) is 2.47. The Morgan fingerprint density at radius 2 is 1.86 bits per heavy atom. The van der Waals surface area contributed by atoms with E-state index in [1.54, 1.807) is 0 Å². The van der Waals surface area contributed by atoms with Crippen molar-refractivity contribution in [2.75, 3.05) is 6.54 Å². The van der Waals surface area contributed by atoms with E-state index < -0.39 is 0 Å². The van der Waals surface area contributed by atoms with Gasteiger partial charge < -0.3 is 5.73 Å². The van der Waals surface area contributed by atoms with Crippen molar-refractivity contribution in [3.05, 3.63) is 0 Å². The van der Waals surface area contributed by atoms with Gasteiger partial charge >= 0.3 is 0 Å². The normalized spacial score (nSPS) is 8.57. The van der Waals surface area contributed by atoms with Crippen molar-refractivity contribution in [1.29, 1.82) is 0 Å². The third-order valence-electron chi connectivity index (χ3n) is 0.744. The quantitative estimate of drug-likeness (QED) is 0.665. The first-order chi connectivity index (χ1) is 2.77. The minimum atomic E-state index is 0. The van der Waals surface area contributed by atoms with E-state index in [0.717, 1.165) is 18.9 Å². The van der Waals surface area contributed by atoms with Gasteiger partial charge in [-0.2, -0.15) is 0 Å². The molecule has 0 saturated carbocycles. The van der Waals surface area contributed by atoms with E-state index >= 15 is 0 Å². The third kappa shape index (κ3) is 10.7. The maximum Gasteiger partial charge on any atom is -0.00748 e. The maximum absolute atomic E-state index is 5.23. The van der Waals surface area contributed by atoms with Crippen LogP contribution >= 0.6 is 17.0 Å². The lowest BCUT2D eigenvalue weighted by Crippen LogP contribution is -2.01. The van der Waals surface area contributed by atoms with Crippen molar-refractivity contribution in [3.8, 4) is 0 Å². The molecule has 0 aromatic rings. The van der Waals surface area contributed by atoms with Crippen LogP contribution in [0.2, 0.25) is 0 Å². The van der Waals surface area contributed by atoms with Gasteiger partial charge in [0.05, 0.1) is 0 Å². The topological polar surface area (TPSA) is 26.0 Å². The Morgan fingerprint density at radius 1 is 1.43 bits per heavy atom. The summed E-state index contributed by atoms with van der Waals surface area (Å²) < 4.78 is 0. The van der Waals surface area contributed by atoms with Gasteiger partial charge in [0.2, 0.25) is 0 Å². The Hall–Kier alpha value is 0.440. The van der Waals surface area contributed by atoms with Gasteiger partial charge in [-0.05, 0) is 18.9 Å². The SMILES string of the molecule is Br.CC(C)CCN. The van der Waals surface area contributed by atoms with Crippen molar-refractivity contribution in [2.45, 2.75) is 20.3 Å². The zero-order valence-corrected chi connectivity index (χ0v) is 6.69. The standard InChI is InChI=1S/C5H13N.BrH/c1-5(2)3-4-6;/h5H,3-4,6H2,1-2H3;1H. The maximum atomic E-state index is 5.23. The summed E-state index contributed by atoms with van der Waals surface area (Å²) in [7, 11) is 0. The molecular weight excluding hydrogens is 154 g/mol. The number of rotatable bonds is 2. The minimum Gasteiger partial charge on any atom is -0.330 e. The molecule has 0 fully saturated rings. The Bertz CT molecular complexity index is 29.3.